The van der Waals surface area contributed by atoms with Crippen LogP contribution in [-0.2, 0) is 11.2 Å². The maximum absolute atomic E-state index is 12.0. The van der Waals surface area contributed by atoms with Crippen LogP contribution in [0.15, 0.2) is 60.0 Å². The Morgan fingerprint density at radius 1 is 1.00 bits per heavy atom. The number of nitrogens with one attached hydrogen (secondary N) is 2. The summed E-state index contributed by atoms with van der Waals surface area (Å²) in [7, 11) is 0. The van der Waals surface area contributed by atoms with Crippen LogP contribution in [0, 0.1) is 0 Å². The van der Waals surface area contributed by atoms with Crippen molar-refractivity contribution in [3.05, 3.63) is 75.6 Å². The van der Waals surface area contributed by atoms with Crippen molar-refractivity contribution in [1.82, 2.24) is 15.8 Å². The van der Waals surface area contributed by atoms with Gasteiger partial charge in [0.25, 0.3) is 5.91 Å². The number of nitrogens with zero attached hydrogens (tertiary/aromatic N) is 1. The summed E-state index contributed by atoms with van der Waals surface area (Å²) in [4.78, 5) is 28.4. The summed E-state index contributed by atoms with van der Waals surface area (Å²) in [5, 5.41) is 2.89. The average Bonchev–Trinajstić information content (AvgIpc) is 3.09. The number of benzene rings is 2. The lowest BCUT2D eigenvalue weighted by Crippen LogP contribution is -2.42. The van der Waals surface area contributed by atoms with Gasteiger partial charge < -0.3 is 0 Å². The number of aromatic nitrogens is 1. The third kappa shape index (κ3) is 4.43. The SMILES string of the molecule is O=C(Cc1nc(-c2ccccc2)cs1)NNC(=O)c1ccccc1Cl. The van der Waals surface area contributed by atoms with Gasteiger partial charge in [0.05, 0.1) is 22.7 Å². The summed E-state index contributed by atoms with van der Waals surface area (Å²) < 4.78 is 0. The Morgan fingerprint density at radius 3 is 2.48 bits per heavy atom. The predicted molar refractivity (Wildman–Crippen MR) is 98.3 cm³/mol. The number of carbonyl (C=O) groups is 2. The van der Waals surface area contributed by atoms with Gasteiger partial charge >= 0.3 is 0 Å². The third-order valence-electron chi connectivity index (χ3n) is 3.37. The van der Waals surface area contributed by atoms with Crippen LogP contribution >= 0.6 is 22.9 Å². The third-order valence-corrected chi connectivity index (χ3v) is 4.55. The quantitative estimate of drug-likeness (QED) is 0.690. The highest BCUT2D eigenvalue weighted by Crippen LogP contribution is 2.21. The van der Waals surface area contributed by atoms with E-state index in [0.717, 1.165) is 11.3 Å². The maximum Gasteiger partial charge on any atom is 0.271 e. The minimum atomic E-state index is -0.469. The van der Waals surface area contributed by atoms with Crippen molar-refractivity contribution >= 4 is 34.8 Å². The molecular formula is C18H14ClN3O2S. The fourth-order valence-electron chi connectivity index (χ4n) is 2.15. The molecule has 2 N–H and O–H groups in total. The molecule has 3 rings (SSSR count). The topological polar surface area (TPSA) is 71.1 Å². The molecule has 0 aliphatic carbocycles. The highest BCUT2D eigenvalue weighted by Gasteiger charge is 2.12. The number of carbonyl (C=O) groups excluding carboxylic acids is 2. The zero-order chi connectivity index (χ0) is 17.6. The fraction of sp³-hybridized carbons (Fsp3) is 0.0556. The molecule has 0 atom stereocenters. The van der Waals surface area contributed by atoms with Crippen molar-refractivity contribution in [3.8, 4) is 11.3 Å². The van der Waals surface area contributed by atoms with Crippen molar-refractivity contribution in [1.29, 1.82) is 0 Å². The Kier molecular flexibility index (Phi) is 5.42. The lowest BCUT2D eigenvalue weighted by Gasteiger charge is -2.07. The summed E-state index contributed by atoms with van der Waals surface area (Å²) in [6.07, 6.45) is 0.0836. The summed E-state index contributed by atoms with van der Waals surface area (Å²) in [5.74, 6) is -0.822. The molecule has 2 aromatic carbocycles. The smallest absolute Gasteiger partial charge is 0.271 e. The van der Waals surface area contributed by atoms with Gasteiger partial charge in [0, 0.05) is 10.9 Å². The largest absolute Gasteiger partial charge is 0.273 e. The maximum atomic E-state index is 12.0. The Hall–Kier alpha value is -2.70. The van der Waals surface area contributed by atoms with Gasteiger partial charge in [0.1, 0.15) is 5.01 Å². The summed E-state index contributed by atoms with van der Waals surface area (Å²) in [6.45, 7) is 0. The summed E-state index contributed by atoms with van der Waals surface area (Å²) in [6, 6.07) is 16.3. The molecule has 5 nitrogen and oxygen atoms in total. The van der Waals surface area contributed by atoms with Crippen LogP contribution in [0.1, 0.15) is 15.4 Å². The predicted octanol–water partition coefficient (Wildman–Crippen LogP) is 3.47. The van der Waals surface area contributed by atoms with Gasteiger partial charge in [-0.25, -0.2) is 4.98 Å². The number of rotatable bonds is 4. The van der Waals surface area contributed by atoms with Gasteiger partial charge in [-0.3, -0.25) is 20.4 Å². The highest BCUT2D eigenvalue weighted by atomic mass is 35.5. The van der Waals surface area contributed by atoms with Gasteiger partial charge in [-0.05, 0) is 12.1 Å². The van der Waals surface area contributed by atoms with E-state index >= 15 is 0 Å². The molecule has 126 valence electrons. The Balaban J connectivity index is 1.56. The van der Waals surface area contributed by atoms with Crippen LogP contribution < -0.4 is 10.9 Å². The minimum absolute atomic E-state index is 0.0836. The number of halogens is 1. The second-order valence-electron chi connectivity index (χ2n) is 5.15. The van der Waals surface area contributed by atoms with E-state index in [1.807, 2.05) is 35.7 Å². The zero-order valence-electron chi connectivity index (χ0n) is 13.0. The van der Waals surface area contributed by atoms with E-state index in [0.29, 0.717) is 15.6 Å². The minimum Gasteiger partial charge on any atom is -0.273 e. The number of hydrogen-bond acceptors (Lipinski definition) is 4. The molecule has 0 fully saturated rings. The van der Waals surface area contributed by atoms with E-state index in [1.165, 1.54) is 11.3 Å². The van der Waals surface area contributed by atoms with E-state index < -0.39 is 5.91 Å². The molecule has 0 saturated heterocycles. The van der Waals surface area contributed by atoms with Crippen LogP contribution in [-0.4, -0.2) is 16.8 Å². The molecule has 0 radical (unpaired) electrons. The Bertz CT molecular complexity index is 896. The normalized spacial score (nSPS) is 10.3. The molecule has 1 aromatic heterocycles. The van der Waals surface area contributed by atoms with Crippen molar-refractivity contribution in [2.75, 3.05) is 0 Å². The van der Waals surface area contributed by atoms with Crippen molar-refractivity contribution in [2.24, 2.45) is 0 Å². The van der Waals surface area contributed by atoms with Crippen LogP contribution in [0.4, 0.5) is 0 Å². The van der Waals surface area contributed by atoms with Crippen molar-refractivity contribution < 1.29 is 9.59 Å². The van der Waals surface area contributed by atoms with Gasteiger partial charge in [-0.15, -0.1) is 11.3 Å². The van der Waals surface area contributed by atoms with E-state index in [1.54, 1.807) is 24.3 Å². The van der Waals surface area contributed by atoms with Crippen LogP contribution in [0.5, 0.6) is 0 Å². The number of hydrogen-bond donors (Lipinski definition) is 2. The molecular weight excluding hydrogens is 358 g/mol. The molecule has 0 bridgehead atoms. The molecule has 0 unspecified atom stereocenters. The molecule has 25 heavy (non-hydrogen) atoms. The number of hydrazine groups is 1. The number of amides is 2. The van der Waals surface area contributed by atoms with E-state index in [2.05, 4.69) is 15.8 Å². The van der Waals surface area contributed by atoms with Crippen molar-refractivity contribution in [2.45, 2.75) is 6.42 Å². The van der Waals surface area contributed by atoms with Crippen molar-refractivity contribution in [3.63, 3.8) is 0 Å². The highest BCUT2D eigenvalue weighted by molar-refractivity contribution is 7.10. The van der Waals surface area contributed by atoms with E-state index in [-0.39, 0.29) is 12.3 Å². The fourth-order valence-corrected chi connectivity index (χ4v) is 3.18. The summed E-state index contributed by atoms with van der Waals surface area (Å²) >= 11 is 7.34. The first-order valence-electron chi connectivity index (χ1n) is 7.47. The molecule has 1 heterocycles. The Labute approximate surface area is 153 Å². The molecule has 3 aromatic rings. The lowest BCUT2D eigenvalue weighted by atomic mass is 10.2. The first kappa shape index (κ1) is 17.1. The average molecular weight is 372 g/mol. The molecule has 0 spiro atoms. The van der Waals surface area contributed by atoms with Crippen LogP contribution in [0.25, 0.3) is 11.3 Å². The van der Waals surface area contributed by atoms with Crippen LogP contribution in [0.3, 0.4) is 0 Å². The Morgan fingerprint density at radius 2 is 1.72 bits per heavy atom. The van der Waals surface area contributed by atoms with Gasteiger partial charge in [-0.1, -0.05) is 54.1 Å². The molecule has 0 saturated carbocycles. The molecule has 2 amide bonds. The molecule has 7 heteroatoms. The lowest BCUT2D eigenvalue weighted by molar-refractivity contribution is -0.121. The first-order valence-corrected chi connectivity index (χ1v) is 8.73. The van der Waals surface area contributed by atoms with Crippen LogP contribution in [0.2, 0.25) is 5.02 Å². The van der Waals surface area contributed by atoms with Gasteiger partial charge in [-0.2, -0.15) is 0 Å². The number of thiazole rings is 1. The van der Waals surface area contributed by atoms with Gasteiger partial charge in [0.15, 0.2) is 0 Å². The second-order valence-corrected chi connectivity index (χ2v) is 6.50. The first-order chi connectivity index (χ1) is 12.1. The zero-order valence-corrected chi connectivity index (χ0v) is 14.6. The molecule has 0 aliphatic rings. The van der Waals surface area contributed by atoms with E-state index in [9.17, 15) is 9.59 Å². The van der Waals surface area contributed by atoms with Gasteiger partial charge in [0.2, 0.25) is 5.91 Å². The molecule has 0 aliphatic heterocycles. The van der Waals surface area contributed by atoms with E-state index in [4.69, 9.17) is 11.6 Å². The summed E-state index contributed by atoms with van der Waals surface area (Å²) in [5.41, 5.74) is 6.85. The monoisotopic (exact) mass is 371 g/mol. The standard InChI is InChI=1S/C18H14ClN3O2S/c19-14-9-5-4-8-13(14)18(24)22-21-16(23)10-17-20-15(11-25-17)12-6-2-1-3-7-12/h1-9,11H,10H2,(H,21,23)(H,22,24). The second kappa shape index (κ2) is 7.92.